The number of hydrogen-bond donors (Lipinski definition) is 0. The van der Waals surface area contributed by atoms with E-state index in [2.05, 4.69) is 9.47 Å². The molecular formula is C15H18O6. The Morgan fingerprint density at radius 3 is 2.43 bits per heavy atom. The van der Waals surface area contributed by atoms with Crippen LogP contribution in [0.4, 0.5) is 0 Å². The summed E-state index contributed by atoms with van der Waals surface area (Å²) >= 11 is 0. The van der Waals surface area contributed by atoms with E-state index in [0.717, 1.165) is 12.5 Å². The van der Waals surface area contributed by atoms with Crippen molar-refractivity contribution in [1.82, 2.24) is 0 Å². The molecule has 0 aliphatic rings. The Balaban J connectivity index is 2.26. The van der Waals surface area contributed by atoms with E-state index in [0.29, 0.717) is 0 Å². The molecule has 0 aliphatic heterocycles. The first kappa shape index (κ1) is 13.6. The van der Waals surface area contributed by atoms with Crippen LogP contribution in [0, 0.1) is 0 Å². The number of esters is 3. The molecule has 0 amide bonds. The minimum atomic E-state index is -2.06. The van der Waals surface area contributed by atoms with Crippen LogP contribution in [0.2, 0.25) is 0 Å². The lowest BCUT2D eigenvalue weighted by Gasteiger charge is -2.06. The standard InChI is InChI=1S/C15H18O6/c1-12(16)19-9-5-8-14(17)21-11-15(18)20-10-13-6-3-2-4-7-13/h2-4,6-7H,5,8-11H2,1H3/i5D2. The Labute approximate surface area is 125 Å². The molecule has 6 nitrogen and oxygen atoms in total. The first-order valence-electron chi connectivity index (χ1n) is 7.27. The molecular weight excluding hydrogens is 276 g/mol. The van der Waals surface area contributed by atoms with E-state index in [-0.39, 0.29) is 6.61 Å². The predicted octanol–water partition coefficient (Wildman–Crippen LogP) is 1.62. The van der Waals surface area contributed by atoms with Gasteiger partial charge in [-0.15, -0.1) is 0 Å². The summed E-state index contributed by atoms with van der Waals surface area (Å²) in [6, 6.07) is 8.99. The summed E-state index contributed by atoms with van der Waals surface area (Å²) in [6.45, 7) is 0.0346. The van der Waals surface area contributed by atoms with Crippen LogP contribution in [-0.4, -0.2) is 31.1 Å². The van der Waals surface area contributed by atoms with E-state index in [1.165, 1.54) is 0 Å². The highest BCUT2D eigenvalue weighted by atomic mass is 16.6. The van der Waals surface area contributed by atoms with Crippen LogP contribution in [0.15, 0.2) is 30.3 Å². The highest BCUT2D eigenvalue weighted by Gasteiger charge is 2.09. The summed E-state index contributed by atoms with van der Waals surface area (Å²) in [5.41, 5.74) is 0.796. The molecule has 0 heterocycles. The van der Waals surface area contributed by atoms with Crippen LogP contribution in [-0.2, 0) is 35.2 Å². The van der Waals surface area contributed by atoms with Crippen molar-refractivity contribution >= 4 is 17.9 Å². The third kappa shape index (κ3) is 8.41. The number of carbonyl (C=O) groups is 3. The van der Waals surface area contributed by atoms with Crippen LogP contribution < -0.4 is 0 Å². The minimum absolute atomic E-state index is 0.0600. The predicted molar refractivity (Wildman–Crippen MR) is 73.1 cm³/mol. The molecule has 1 rings (SSSR count). The second-order valence-electron chi connectivity index (χ2n) is 4.01. The molecule has 0 spiro atoms. The van der Waals surface area contributed by atoms with Gasteiger partial charge in [0.05, 0.1) is 6.61 Å². The van der Waals surface area contributed by atoms with Gasteiger partial charge in [-0.3, -0.25) is 9.59 Å². The van der Waals surface area contributed by atoms with Gasteiger partial charge in [0, 0.05) is 16.1 Å². The average molecular weight is 296 g/mol. The van der Waals surface area contributed by atoms with E-state index in [1.807, 2.05) is 6.07 Å². The van der Waals surface area contributed by atoms with Crippen molar-refractivity contribution in [3.05, 3.63) is 35.9 Å². The maximum Gasteiger partial charge on any atom is 0.344 e. The quantitative estimate of drug-likeness (QED) is 0.536. The summed E-state index contributed by atoms with van der Waals surface area (Å²) in [7, 11) is 0. The van der Waals surface area contributed by atoms with Crippen LogP contribution in [0.3, 0.4) is 0 Å². The Morgan fingerprint density at radius 1 is 1.05 bits per heavy atom. The largest absolute Gasteiger partial charge is 0.466 e. The lowest BCUT2D eigenvalue weighted by molar-refractivity contribution is -0.159. The number of hydrogen-bond acceptors (Lipinski definition) is 6. The minimum Gasteiger partial charge on any atom is -0.466 e. The van der Waals surface area contributed by atoms with Crippen LogP contribution in [0.1, 0.15) is 28.0 Å². The van der Waals surface area contributed by atoms with Crippen molar-refractivity contribution in [2.45, 2.75) is 26.3 Å². The highest BCUT2D eigenvalue weighted by molar-refractivity contribution is 5.76. The topological polar surface area (TPSA) is 78.9 Å². The lowest BCUT2D eigenvalue weighted by Crippen LogP contribution is -2.16. The smallest absolute Gasteiger partial charge is 0.344 e. The summed E-state index contributed by atoms with van der Waals surface area (Å²) in [6.07, 6.45) is -2.69. The van der Waals surface area contributed by atoms with Gasteiger partial charge in [0.15, 0.2) is 6.61 Å². The van der Waals surface area contributed by atoms with Gasteiger partial charge in [-0.05, 0) is 11.9 Å². The van der Waals surface area contributed by atoms with Crippen molar-refractivity contribution in [3.63, 3.8) is 0 Å². The molecule has 0 saturated carbocycles. The molecule has 0 saturated heterocycles. The van der Waals surface area contributed by atoms with Crippen molar-refractivity contribution in [1.29, 1.82) is 0 Å². The van der Waals surface area contributed by atoms with Crippen molar-refractivity contribution < 1.29 is 31.3 Å². The van der Waals surface area contributed by atoms with Gasteiger partial charge in [0.25, 0.3) is 0 Å². The van der Waals surface area contributed by atoms with Gasteiger partial charge in [0.2, 0.25) is 0 Å². The molecule has 0 atom stereocenters. The summed E-state index contributed by atoms with van der Waals surface area (Å²) in [5.74, 6) is -2.30. The van der Waals surface area contributed by atoms with E-state index in [1.54, 1.807) is 24.3 Å². The van der Waals surface area contributed by atoms with Crippen molar-refractivity contribution in [3.8, 4) is 0 Å². The number of benzene rings is 1. The molecule has 1 aromatic rings. The molecule has 0 aliphatic carbocycles. The lowest BCUT2D eigenvalue weighted by atomic mass is 10.2. The van der Waals surface area contributed by atoms with E-state index >= 15 is 0 Å². The molecule has 0 N–H and O–H groups in total. The zero-order valence-corrected chi connectivity index (χ0v) is 11.7. The Bertz CT molecular complexity index is 544. The normalized spacial score (nSPS) is 11.9. The third-order valence-corrected chi connectivity index (χ3v) is 2.24. The fourth-order valence-corrected chi connectivity index (χ4v) is 1.28. The van der Waals surface area contributed by atoms with Crippen molar-refractivity contribution in [2.24, 2.45) is 0 Å². The molecule has 1 aromatic carbocycles. The second kappa shape index (κ2) is 9.52. The van der Waals surface area contributed by atoms with Gasteiger partial charge in [-0.25, -0.2) is 4.79 Å². The molecule has 114 valence electrons. The SMILES string of the molecule is [2H]C([2H])(COC(C)=O)CC(=O)OCC(=O)OCc1ccccc1. The van der Waals surface area contributed by atoms with E-state index < -0.39 is 43.9 Å². The highest BCUT2D eigenvalue weighted by Crippen LogP contribution is 2.01. The molecule has 0 unspecified atom stereocenters. The van der Waals surface area contributed by atoms with Gasteiger partial charge >= 0.3 is 17.9 Å². The zero-order valence-electron chi connectivity index (χ0n) is 13.7. The molecule has 0 aromatic heterocycles. The summed E-state index contributed by atoms with van der Waals surface area (Å²) in [5, 5.41) is 0. The summed E-state index contributed by atoms with van der Waals surface area (Å²) < 4.78 is 29.1. The Kier molecular flexibility index (Phi) is 6.17. The molecule has 6 heteroatoms. The van der Waals surface area contributed by atoms with Crippen LogP contribution in [0.5, 0.6) is 0 Å². The Hall–Kier alpha value is -2.37. The van der Waals surface area contributed by atoms with Gasteiger partial charge < -0.3 is 14.2 Å². The van der Waals surface area contributed by atoms with Crippen LogP contribution >= 0.6 is 0 Å². The van der Waals surface area contributed by atoms with Gasteiger partial charge in [-0.2, -0.15) is 0 Å². The first-order chi connectivity index (χ1) is 10.8. The van der Waals surface area contributed by atoms with Crippen LogP contribution in [0.25, 0.3) is 0 Å². The van der Waals surface area contributed by atoms with Gasteiger partial charge in [-0.1, -0.05) is 30.3 Å². The summed E-state index contributed by atoms with van der Waals surface area (Å²) in [4.78, 5) is 33.5. The molecule has 0 fully saturated rings. The number of carbonyl (C=O) groups excluding carboxylic acids is 3. The van der Waals surface area contributed by atoms with Crippen molar-refractivity contribution in [2.75, 3.05) is 13.2 Å². The molecule has 21 heavy (non-hydrogen) atoms. The fourth-order valence-electron chi connectivity index (χ4n) is 1.28. The fraction of sp³-hybridized carbons (Fsp3) is 0.400. The average Bonchev–Trinajstić information content (AvgIpc) is 2.50. The maximum atomic E-state index is 11.5. The molecule has 0 radical (unpaired) electrons. The number of rotatable bonds is 8. The Morgan fingerprint density at radius 2 is 1.76 bits per heavy atom. The maximum absolute atomic E-state index is 11.5. The number of ether oxygens (including phenoxy) is 3. The third-order valence-electron chi connectivity index (χ3n) is 2.24. The first-order valence-corrected chi connectivity index (χ1v) is 6.27. The zero-order chi connectivity index (χ0) is 17.3. The second-order valence-corrected chi connectivity index (χ2v) is 4.01. The van der Waals surface area contributed by atoms with E-state index in [4.69, 9.17) is 7.48 Å². The monoisotopic (exact) mass is 296 g/mol. The molecule has 0 bridgehead atoms. The van der Waals surface area contributed by atoms with Gasteiger partial charge in [0.1, 0.15) is 6.61 Å². The van der Waals surface area contributed by atoms with E-state index in [9.17, 15) is 14.4 Å².